The van der Waals surface area contributed by atoms with Gasteiger partial charge in [-0.15, -0.1) is 0 Å². The Balaban J connectivity index is 4.18. The Kier molecular flexibility index (Phi) is 5.84. The van der Waals surface area contributed by atoms with Crippen LogP contribution in [0.4, 0.5) is 13.2 Å². The van der Waals surface area contributed by atoms with Crippen molar-refractivity contribution in [2.45, 2.75) is 45.3 Å². The first-order chi connectivity index (χ1) is 6.41. The number of hydrogen-bond acceptors (Lipinski definition) is 1. The molecule has 0 fully saturated rings. The van der Waals surface area contributed by atoms with Crippen molar-refractivity contribution in [1.29, 1.82) is 0 Å². The minimum atomic E-state index is -4.17. The van der Waals surface area contributed by atoms with E-state index in [4.69, 9.17) is 0 Å². The van der Waals surface area contributed by atoms with E-state index in [2.05, 4.69) is 11.9 Å². The second-order valence-electron chi connectivity index (χ2n) is 3.36. The molecule has 0 aromatic heterocycles. The van der Waals surface area contributed by atoms with Crippen LogP contribution in [0.2, 0.25) is 0 Å². The second-order valence-corrected chi connectivity index (χ2v) is 3.36. The maximum atomic E-state index is 12.4. The molecule has 0 aromatic rings. The molecule has 0 saturated carbocycles. The fourth-order valence-corrected chi connectivity index (χ4v) is 1.06. The third kappa shape index (κ3) is 5.27. The van der Waals surface area contributed by atoms with Gasteiger partial charge in [-0.3, -0.25) is 0 Å². The van der Waals surface area contributed by atoms with Gasteiger partial charge in [-0.2, -0.15) is 13.2 Å². The van der Waals surface area contributed by atoms with Crippen molar-refractivity contribution >= 4 is 0 Å². The smallest absolute Gasteiger partial charge is 0.306 e. The van der Waals surface area contributed by atoms with Crippen molar-refractivity contribution in [3.63, 3.8) is 0 Å². The Bertz CT molecular complexity index is 175. The molecule has 0 radical (unpaired) electrons. The van der Waals surface area contributed by atoms with Crippen LogP contribution in [-0.2, 0) is 0 Å². The summed E-state index contributed by atoms with van der Waals surface area (Å²) in [4.78, 5) is 0. The van der Waals surface area contributed by atoms with Gasteiger partial charge < -0.3 is 5.32 Å². The van der Waals surface area contributed by atoms with E-state index < -0.39 is 12.2 Å². The van der Waals surface area contributed by atoms with Crippen LogP contribution in [0.1, 0.15) is 33.1 Å². The zero-order valence-electron chi connectivity index (χ0n) is 8.75. The molecule has 0 rings (SSSR count). The van der Waals surface area contributed by atoms with Gasteiger partial charge in [0.25, 0.3) is 0 Å². The van der Waals surface area contributed by atoms with E-state index in [-0.39, 0.29) is 6.42 Å². The van der Waals surface area contributed by atoms with Crippen LogP contribution in [0.25, 0.3) is 0 Å². The van der Waals surface area contributed by atoms with Gasteiger partial charge in [-0.1, -0.05) is 26.0 Å². The van der Waals surface area contributed by atoms with E-state index in [9.17, 15) is 13.2 Å². The van der Waals surface area contributed by atoms with E-state index in [1.807, 2.05) is 13.8 Å². The Morgan fingerprint density at radius 1 is 1.36 bits per heavy atom. The van der Waals surface area contributed by atoms with Crippen LogP contribution in [-0.4, -0.2) is 18.8 Å². The maximum absolute atomic E-state index is 12.4. The fourth-order valence-electron chi connectivity index (χ4n) is 1.06. The van der Waals surface area contributed by atoms with Crippen molar-refractivity contribution in [2.24, 2.45) is 0 Å². The highest BCUT2D eigenvalue weighted by molar-refractivity contribution is 4.98. The molecule has 0 aliphatic carbocycles. The Hall–Kier alpha value is -0.510. The van der Waals surface area contributed by atoms with E-state index in [1.165, 1.54) is 0 Å². The predicted octanol–water partition coefficient (Wildman–Crippen LogP) is 3.27. The number of halogens is 3. The van der Waals surface area contributed by atoms with Crippen LogP contribution in [0.5, 0.6) is 0 Å². The van der Waals surface area contributed by atoms with Crippen LogP contribution in [0.3, 0.4) is 0 Å². The molecule has 0 saturated heterocycles. The van der Waals surface area contributed by atoms with Gasteiger partial charge in [0.05, 0.1) is 0 Å². The molecule has 1 unspecified atom stereocenters. The third-order valence-corrected chi connectivity index (χ3v) is 2.03. The molecule has 0 bridgehead atoms. The quantitative estimate of drug-likeness (QED) is 0.662. The van der Waals surface area contributed by atoms with Crippen molar-refractivity contribution < 1.29 is 13.2 Å². The lowest BCUT2D eigenvalue weighted by atomic mass is 10.1. The summed E-state index contributed by atoms with van der Waals surface area (Å²) in [6.45, 7) is 7.64. The highest BCUT2D eigenvalue weighted by atomic mass is 19.4. The monoisotopic (exact) mass is 209 g/mol. The normalized spacial score (nSPS) is 14.1. The highest BCUT2D eigenvalue weighted by Gasteiger charge is 2.38. The molecule has 1 N–H and O–H groups in total. The van der Waals surface area contributed by atoms with Gasteiger partial charge in [0.15, 0.2) is 0 Å². The summed E-state index contributed by atoms with van der Waals surface area (Å²) in [5.41, 5.74) is 0.635. The van der Waals surface area contributed by atoms with Gasteiger partial charge in [0, 0.05) is 0 Å². The zero-order chi connectivity index (χ0) is 11.2. The van der Waals surface area contributed by atoms with Crippen molar-refractivity contribution in [3.05, 3.63) is 12.2 Å². The first-order valence-electron chi connectivity index (χ1n) is 4.88. The molecule has 4 heteroatoms. The lowest BCUT2D eigenvalue weighted by Crippen LogP contribution is -2.42. The molecule has 0 aromatic carbocycles. The molecule has 1 nitrogen and oxygen atoms in total. The molecule has 0 spiro atoms. The summed E-state index contributed by atoms with van der Waals surface area (Å²) < 4.78 is 37.3. The van der Waals surface area contributed by atoms with Crippen LogP contribution < -0.4 is 5.32 Å². The minimum Gasteiger partial charge on any atom is -0.306 e. The summed E-state index contributed by atoms with van der Waals surface area (Å²) in [6, 6.07) is -1.44. The van der Waals surface area contributed by atoms with Crippen molar-refractivity contribution in [2.75, 3.05) is 6.54 Å². The first kappa shape index (κ1) is 13.5. The van der Waals surface area contributed by atoms with Gasteiger partial charge >= 0.3 is 6.18 Å². The zero-order valence-corrected chi connectivity index (χ0v) is 8.75. The van der Waals surface area contributed by atoms with E-state index >= 15 is 0 Å². The molecule has 0 heterocycles. The van der Waals surface area contributed by atoms with E-state index in [0.717, 1.165) is 0 Å². The first-order valence-corrected chi connectivity index (χ1v) is 4.88. The molecule has 84 valence electrons. The van der Waals surface area contributed by atoms with E-state index in [1.54, 1.807) is 0 Å². The van der Waals surface area contributed by atoms with Crippen molar-refractivity contribution in [3.8, 4) is 0 Å². The summed E-state index contributed by atoms with van der Waals surface area (Å²) in [5, 5.41) is 2.49. The number of rotatable bonds is 6. The third-order valence-electron chi connectivity index (χ3n) is 2.03. The molecule has 0 aliphatic rings. The molecule has 1 atom stereocenters. The van der Waals surface area contributed by atoms with Crippen LogP contribution >= 0.6 is 0 Å². The van der Waals surface area contributed by atoms with Gasteiger partial charge in [-0.25, -0.2) is 0 Å². The fraction of sp³-hybridized carbons (Fsp3) is 0.800. The average molecular weight is 209 g/mol. The van der Waals surface area contributed by atoms with E-state index in [0.29, 0.717) is 25.0 Å². The summed E-state index contributed by atoms with van der Waals surface area (Å²) >= 11 is 0. The molecule has 14 heavy (non-hydrogen) atoms. The summed E-state index contributed by atoms with van der Waals surface area (Å²) in [7, 11) is 0. The van der Waals surface area contributed by atoms with Gasteiger partial charge in [0.2, 0.25) is 0 Å². The van der Waals surface area contributed by atoms with Crippen molar-refractivity contribution in [1.82, 2.24) is 5.32 Å². The lowest BCUT2D eigenvalue weighted by Gasteiger charge is -2.22. The molecular formula is C10H18F3N. The molecule has 0 aliphatic heterocycles. The number of nitrogens with one attached hydrogen (secondary N) is 1. The largest absolute Gasteiger partial charge is 0.404 e. The van der Waals surface area contributed by atoms with Crippen LogP contribution in [0.15, 0.2) is 12.2 Å². The number of alkyl halides is 3. The second kappa shape index (κ2) is 6.06. The maximum Gasteiger partial charge on any atom is 0.404 e. The van der Waals surface area contributed by atoms with Gasteiger partial charge in [0.1, 0.15) is 6.04 Å². The topological polar surface area (TPSA) is 12.0 Å². The molecular weight excluding hydrogens is 191 g/mol. The van der Waals surface area contributed by atoms with Crippen LogP contribution in [0, 0.1) is 0 Å². The highest BCUT2D eigenvalue weighted by Crippen LogP contribution is 2.25. The number of hydrogen-bond donors (Lipinski definition) is 1. The summed E-state index contributed by atoms with van der Waals surface area (Å²) in [6.07, 6.45) is -2.89. The Morgan fingerprint density at radius 3 is 2.29 bits per heavy atom. The minimum absolute atomic E-state index is 0.0139. The predicted molar refractivity (Wildman–Crippen MR) is 52.2 cm³/mol. The van der Waals surface area contributed by atoms with Gasteiger partial charge in [-0.05, 0) is 25.8 Å². The Labute approximate surface area is 83.4 Å². The lowest BCUT2D eigenvalue weighted by molar-refractivity contribution is -0.155. The Morgan fingerprint density at radius 2 is 1.93 bits per heavy atom. The average Bonchev–Trinajstić information content (AvgIpc) is 2.09. The molecule has 0 amide bonds. The standard InChI is InChI=1S/C10H18F3N/c1-4-6-14-9(10(11,12)13)7-8(3)5-2/h9,14H,3-7H2,1-2H3. The summed E-state index contributed by atoms with van der Waals surface area (Å²) in [5.74, 6) is 0. The SMILES string of the molecule is C=C(CC)CC(NCCC)C(F)(F)F.